The summed E-state index contributed by atoms with van der Waals surface area (Å²) in [6, 6.07) is 17.3. The van der Waals surface area contributed by atoms with E-state index in [2.05, 4.69) is 25.9 Å². The molecule has 0 bridgehead atoms. The summed E-state index contributed by atoms with van der Waals surface area (Å²) in [5.41, 5.74) is 6.60. The molecule has 5 rings (SSSR count). The van der Waals surface area contributed by atoms with Gasteiger partial charge in [-0.25, -0.2) is 14.6 Å². The molecule has 2 aromatic carbocycles. The summed E-state index contributed by atoms with van der Waals surface area (Å²) in [5.74, 6) is -0.844. The molecule has 3 heterocycles. The number of aromatic nitrogens is 2. The molecule has 43 heavy (non-hydrogen) atoms. The number of benzene rings is 2. The second-order valence-corrected chi connectivity index (χ2v) is 10.1. The molecule has 220 valence electrons. The van der Waals surface area contributed by atoms with Crippen LogP contribution in [0, 0.1) is 0 Å². The summed E-state index contributed by atoms with van der Waals surface area (Å²) in [4.78, 5) is 59.2. The Hall–Kier alpha value is -5.36. The normalized spacial score (nSPS) is 16.2. The number of primary amides is 1. The maximum atomic E-state index is 13.8. The van der Waals surface area contributed by atoms with Gasteiger partial charge in [-0.15, -0.1) is 0 Å². The number of pyridine rings is 2. The van der Waals surface area contributed by atoms with Crippen LogP contribution in [0.3, 0.4) is 0 Å². The summed E-state index contributed by atoms with van der Waals surface area (Å²) in [7, 11) is 0. The average Bonchev–Trinajstić information content (AvgIpc) is 3.00. The van der Waals surface area contributed by atoms with Crippen LogP contribution in [-0.2, 0) is 21.7 Å². The molecule has 12 nitrogen and oxygen atoms in total. The van der Waals surface area contributed by atoms with Gasteiger partial charge in [0.25, 0.3) is 5.91 Å². The summed E-state index contributed by atoms with van der Waals surface area (Å²) < 4.78 is 11.0. The van der Waals surface area contributed by atoms with E-state index in [4.69, 9.17) is 15.2 Å². The molecular formula is C31H30N6O6. The Kier molecular flexibility index (Phi) is 8.58. The third-order valence-electron chi connectivity index (χ3n) is 7.09. The van der Waals surface area contributed by atoms with E-state index in [9.17, 15) is 19.2 Å². The van der Waals surface area contributed by atoms with Crippen molar-refractivity contribution < 1.29 is 28.7 Å². The first-order valence-electron chi connectivity index (χ1n) is 13.6. The Morgan fingerprint density at radius 1 is 1.02 bits per heavy atom. The largest absolute Gasteiger partial charge is 0.444 e. The number of Topliss-reactive ketones (excluding diaryl/α,β-unsaturated/α-hetero) is 1. The van der Waals surface area contributed by atoms with Gasteiger partial charge in [0.15, 0.2) is 17.1 Å². The number of piperidine rings is 1. The standard InChI is InChI=1S/C31H30N6O6/c1-19(38)21-8-9-22-15-25(37-30(41)42-17-20-6-3-2-4-7-20)27(35-24(22)14-21)28(39)36-26-16-33-13-10-23(26)31(43-29(32)40)11-5-12-34-18-31/h2-4,6-10,13-16,34H,5,11-12,17-18H2,1H3,(H2,32,40)(H,36,39)(H,37,41)/t31-/m1/s1. The van der Waals surface area contributed by atoms with E-state index >= 15 is 0 Å². The Labute approximate surface area is 247 Å². The third kappa shape index (κ3) is 6.76. The number of carbonyl (C=O) groups is 4. The number of nitrogens with zero attached hydrogens (tertiary/aromatic N) is 2. The molecule has 0 aliphatic carbocycles. The lowest BCUT2D eigenvalue weighted by Gasteiger charge is -2.37. The number of fused-ring (bicyclic) bond motifs is 1. The summed E-state index contributed by atoms with van der Waals surface area (Å²) in [5, 5.41) is 9.24. The van der Waals surface area contributed by atoms with Crippen LogP contribution in [0.1, 0.15) is 51.7 Å². The van der Waals surface area contributed by atoms with E-state index in [1.54, 1.807) is 30.3 Å². The van der Waals surface area contributed by atoms with Crippen LogP contribution >= 0.6 is 0 Å². The molecule has 1 aliphatic heterocycles. The van der Waals surface area contributed by atoms with Crippen LogP contribution in [0.15, 0.2) is 73.1 Å². The van der Waals surface area contributed by atoms with E-state index < -0.39 is 23.7 Å². The molecule has 1 atom stereocenters. The Morgan fingerprint density at radius 3 is 2.56 bits per heavy atom. The molecule has 1 fully saturated rings. The topological polar surface area (TPSA) is 175 Å². The maximum absolute atomic E-state index is 13.8. The molecule has 5 N–H and O–H groups in total. The van der Waals surface area contributed by atoms with Gasteiger partial charge in [-0.3, -0.25) is 19.9 Å². The van der Waals surface area contributed by atoms with Gasteiger partial charge in [0.05, 0.1) is 23.1 Å². The predicted molar refractivity (Wildman–Crippen MR) is 159 cm³/mol. The Bertz CT molecular complexity index is 1690. The summed E-state index contributed by atoms with van der Waals surface area (Å²) in [6.45, 7) is 2.47. The zero-order chi connectivity index (χ0) is 30.4. The molecule has 2 aromatic heterocycles. The van der Waals surface area contributed by atoms with Crippen molar-refractivity contribution in [2.24, 2.45) is 5.73 Å². The van der Waals surface area contributed by atoms with Crippen LogP contribution in [0.5, 0.6) is 0 Å². The van der Waals surface area contributed by atoms with Crippen LogP contribution in [-0.4, -0.2) is 46.9 Å². The van der Waals surface area contributed by atoms with Crippen molar-refractivity contribution in [1.29, 1.82) is 0 Å². The quantitative estimate of drug-likeness (QED) is 0.218. The van der Waals surface area contributed by atoms with Gasteiger partial charge in [0, 0.05) is 29.3 Å². The number of hydrogen-bond acceptors (Lipinski definition) is 9. The van der Waals surface area contributed by atoms with Crippen molar-refractivity contribution >= 4 is 46.2 Å². The predicted octanol–water partition coefficient (Wildman–Crippen LogP) is 4.51. The smallest absolute Gasteiger partial charge is 0.412 e. The second-order valence-electron chi connectivity index (χ2n) is 10.1. The van der Waals surface area contributed by atoms with Crippen molar-refractivity contribution in [3.05, 3.63) is 95.4 Å². The number of amides is 3. The minimum atomic E-state index is -1.13. The second kappa shape index (κ2) is 12.7. The number of nitrogens with two attached hydrogens (primary N) is 1. The third-order valence-corrected chi connectivity index (χ3v) is 7.09. The number of nitrogens with one attached hydrogen (secondary N) is 3. The Balaban J connectivity index is 1.49. The van der Waals surface area contributed by atoms with Crippen LogP contribution < -0.4 is 21.7 Å². The minimum Gasteiger partial charge on any atom is -0.444 e. The Morgan fingerprint density at radius 2 is 1.84 bits per heavy atom. The number of ether oxygens (including phenoxy) is 2. The van der Waals surface area contributed by atoms with Gasteiger partial charge in [-0.2, -0.15) is 0 Å². The maximum Gasteiger partial charge on any atom is 0.412 e. The van der Waals surface area contributed by atoms with Gasteiger partial charge in [-0.05, 0) is 50.1 Å². The fourth-order valence-corrected chi connectivity index (χ4v) is 5.04. The lowest BCUT2D eigenvalue weighted by molar-refractivity contribution is -0.00536. The number of ketones is 1. The lowest BCUT2D eigenvalue weighted by Crippen LogP contribution is -2.47. The van der Waals surface area contributed by atoms with Gasteiger partial charge in [0.1, 0.15) is 6.61 Å². The van der Waals surface area contributed by atoms with E-state index in [1.165, 1.54) is 19.3 Å². The van der Waals surface area contributed by atoms with Gasteiger partial charge < -0.3 is 25.8 Å². The van der Waals surface area contributed by atoms with Crippen LogP contribution in [0.4, 0.5) is 21.0 Å². The number of carbonyl (C=O) groups excluding carboxylic acids is 4. The van der Waals surface area contributed by atoms with Crippen LogP contribution in [0.2, 0.25) is 0 Å². The average molecular weight is 583 g/mol. The van der Waals surface area contributed by atoms with Crippen molar-refractivity contribution in [1.82, 2.24) is 15.3 Å². The van der Waals surface area contributed by atoms with Crippen LogP contribution in [0.25, 0.3) is 10.9 Å². The molecular weight excluding hydrogens is 552 g/mol. The first-order chi connectivity index (χ1) is 20.7. The fourth-order valence-electron chi connectivity index (χ4n) is 5.04. The molecule has 1 aliphatic rings. The van der Waals surface area contributed by atoms with E-state index in [0.717, 1.165) is 12.1 Å². The van der Waals surface area contributed by atoms with Gasteiger partial charge in [-0.1, -0.05) is 42.5 Å². The van der Waals surface area contributed by atoms with Crippen molar-refractivity contribution in [3.8, 4) is 0 Å². The summed E-state index contributed by atoms with van der Waals surface area (Å²) >= 11 is 0. The molecule has 0 unspecified atom stereocenters. The van der Waals surface area contributed by atoms with E-state index in [0.29, 0.717) is 34.9 Å². The van der Waals surface area contributed by atoms with Gasteiger partial charge >= 0.3 is 12.2 Å². The highest BCUT2D eigenvalue weighted by atomic mass is 16.6. The molecule has 0 radical (unpaired) electrons. The lowest BCUT2D eigenvalue weighted by atomic mass is 9.85. The molecule has 0 saturated carbocycles. The molecule has 4 aromatic rings. The highest BCUT2D eigenvalue weighted by Gasteiger charge is 2.40. The number of rotatable bonds is 8. The first-order valence-corrected chi connectivity index (χ1v) is 13.6. The number of anilines is 2. The fraction of sp³-hybridized carbons (Fsp3) is 0.226. The first kappa shape index (κ1) is 29.1. The monoisotopic (exact) mass is 582 g/mol. The zero-order valence-corrected chi connectivity index (χ0v) is 23.4. The minimum absolute atomic E-state index is 0.0201. The molecule has 3 amide bonds. The van der Waals surface area contributed by atoms with E-state index in [1.807, 2.05) is 30.3 Å². The summed E-state index contributed by atoms with van der Waals surface area (Å²) in [6.07, 6.45) is 2.40. The molecule has 1 saturated heterocycles. The zero-order valence-electron chi connectivity index (χ0n) is 23.4. The molecule has 0 spiro atoms. The number of hydrogen-bond donors (Lipinski definition) is 4. The SMILES string of the molecule is CC(=O)c1ccc2cc(NC(=O)OCc3ccccc3)c(C(=O)Nc3cnccc3[C@@]3(OC(N)=O)CCCNC3)nc2c1. The highest BCUT2D eigenvalue weighted by Crippen LogP contribution is 2.37. The van der Waals surface area contributed by atoms with Crippen molar-refractivity contribution in [2.75, 3.05) is 23.7 Å². The van der Waals surface area contributed by atoms with Crippen molar-refractivity contribution in [3.63, 3.8) is 0 Å². The van der Waals surface area contributed by atoms with Crippen molar-refractivity contribution in [2.45, 2.75) is 32.0 Å². The van der Waals surface area contributed by atoms with E-state index in [-0.39, 0.29) is 36.0 Å². The van der Waals surface area contributed by atoms with Gasteiger partial charge in [0.2, 0.25) is 0 Å². The molecule has 12 heteroatoms. The highest BCUT2D eigenvalue weighted by molar-refractivity contribution is 6.10.